The van der Waals surface area contributed by atoms with Gasteiger partial charge < -0.3 is 15.2 Å². The predicted octanol–water partition coefficient (Wildman–Crippen LogP) is 3.20. The number of fused-ring (bicyclic) bond motifs is 1. The molecule has 2 aromatic rings. The number of aliphatic carboxylic acids is 1. The van der Waals surface area contributed by atoms with Gasteiger partial charge in [0.25, 0.3) is 0 Å². The Bertz CT molecular complexity index is 1150. The van der Waals surface area contributed by atoms with Crippen molar-refractivity contribution in [2.45, 2.75) is 62.6 Å². The molecule has 1 aliphatic rings. The highest BCUT2D eigenvalue weighted by atomic mass is 32.2. The number of hydrogen-bond acceptors (Lipinski definition) is 6. The van der Waals surface area contributed by atoms with Crippen LogP contribution >= 0.6 is 0 Å². The normalized spacial score (nSPS) is 21.2. The zero-order valence-electron chi connectivity index (χ0n) is 19.8. The molecule has 1 heterocycles. The molecule has 0 unspecified atom stereocenters. The van der Waals surface area contributed by atoms with Crippen LogP contribution in [0.25, 0.3) is 0 Å². The predicted molar refractivity (Wildman–Crippen MR) is 128 cm³/mol. The number of benzene rings is 2. The lowest BCUT2D eigenvalue weighted by Crippen LogP contribution is -2.50. The summed E-state index contributed by atoms with van der Waals surface area (Å²) in [4.78, 5) is 22.6. The highest BCUT2D eigenvalue weighted by Gasteiger charge is 2.42. The quantitative estimate of drug-likeness (QED) is 0.488. The minimum absolute atomic E-state index is 0.0555. The Morgan fingerprint density at radius 2 is 1.91 bits per heavy atom. The summed E-state index contributed by atoms with van der Waals surface area (Å²) >= 11 is 0. The summed E-state index contributed by atoms with van der Waals surface area (Å²) < 4.78 is 33.0. The third kappa shape index (κ3) is 5.42. The molecular weight excluding hydrogens is 456 g/mol. The zero-order valence-corrected chi connectivity index (χ0v) is 20.6. The molecule has 8 nitrogen and oxygen atoms in total. The number of unbranched alkanes of at least 4 members (excludes halogenated alkanes) is 1. The minimum Gasteiger partial charge on any atom is -0.496 e. The van der Waals surface area contributed by atoms with Crippen LogP contribution in [0.4, 0.5) is 0 Å². The Balaban J connectivity index is 2.19. The molecule has 0 saturated heterocycles. The molecule has 1 amide bonds. The van der Waals surface area contributed by atoms with Crippen molar-refractivity contribution in [2.24, 2.45) is 0 Å². The molecule has 0 fully saturated rings. The first-order chi connectivity index (χ1) is 16.2. The van der Waals surface area contributed by atoms with Crippen molar-refractivity contribution in [2.75, 3.05) is 12.9 Å². The maximum atomic E-state index is 13.7. The molecule has 9 heteroatoms. The summed E-state index contributed by atoms with van der Waals surface area (Å²) in [5.74, 6) is -2.47. The summed E-state index contributed by atoms with van der Waals surface area (Å²) in [6.45, 7) is 3.92. The average molecular weight is 489 g/mol. The molecule has 2 atom stereocenters. The van der Waals surface area contributed by atoms with Crippen molar-refractivity contribution in [3.05, 3.63) is 59.2 Å². The van der Waals surface area contributed by atoms with Crippen molar-refractivity contribution in [3.63, 3.8) is 0 Å². The van der Waals surface area contributed by atoms with Gasteiger partial charge in [-0.15, -0.1) is 0 Å². The van der Waals surface area contributed by atoms with E-state index in [0.29, 0.717) is 23.3 Å². The van der Waals surface area contributed by atoms with Gasteiger partial charge in [0.05, 0.1) is 23.8 Å². The van der Waals surface area contributed by atoms with E-state index in [0.717, 1.165) is 24.8 Å². The van der Waals surface area contributed by atoms with E-state index in [1.807, 2.05) is 37.3 Å². The fourth-order valence-electron chi connectivity index (χ4n) is 4.51. The van der Waals surface area contributed by atoms with Gasteiger partial charge in [0, 0.05) is 17.6 Å². The summed E-state index contributed by atoms with van der Waals surface area (Å²) in [7, 11) is -2.26. The summed E-state index contributed by atoms with van der Waals surface area (Å²) in [5.41, 5.74) is 1.29. The number of carbonyl (C=O) groups excluding carboxylic acids is 1. The number of carboxylic acid groups (broad SMARTS) is 1. The average Bonchev–Trinajstić information content (AvgIpc) is 2.93. The van der Waals surface area contributed by atoms with Crippen LogP contribution < -0.4 is 15.4 Å². The van der Waals surface area contributed by atoms with Crippen LogP contribution in [0.15, 0.2) is 47.4 Å². The molecule has 34 heavy (non-hydrogen) atoms. The van der Waals surface area contributed by atoms with Gasteiger partial charge in [0.2, 0.25) is 0 Å². The molecule has 3 N–H and O–H groups in total. The number of amides is 1. The van der Waals surface area contributed by atoms with Gasteiger partial charge in [0.15, 0.2) is 9.84 Å². The first-order valence-corrected chi connectivity index (χ1v) is 13.1. The lowest BCUT2D eigenvalue weighted by Gasteiger charge is -2.36. The Hall–Kier alpha value is -2.91. The van der Waals surface area contributed by atoms with E-state index in [-0.39, 0.29) is 23.2 Å². The Kier molecular flexibility index (Phi) is 7.99. The van der Waals surface area contributed by atoms with Gasteiger partial charge in [-0.3, -0.25) is 10.1 Å². The SMILES string of the molecule is CCCC[C@]1(CC)CS(=O)(=O)c2cc(CNC(=O)C(=O)O)c(OC)cc2[C@@H](c2ccccc2)N1. The first-order valence-electron chi connectivity index (χ1n) is 11.4. The molecule has 0 aromatic heterocycles. The van der Waals surface area contributed by atoms with Crippen molar-refractivity contribution in [1.82, 2.24) is 10.6 Å². The van der Waals surface area contributed by atoms with Crippen molar-refractivity contribution in [1.29, 1.82) is 0 Å². The van der Waals surface area contributed by atoms with Crippen molar-refractivity contribution >= 4 is 21.7 Å². The number of carbonyl (C=O) groups is 2. The van der Waals surface area contributed by atoms with E-state index >= 15 is 0 Å². The van der Waals surface area contributed by atoms with Gasteiger partial charge in [-0.1, -0.05) is 57.0 Å². The van der Waals surface area contributed by atoms with Crippen LogP contribution in [0, 0.1) is 0 Å². The van der Waals surface area contributed by atoms with Gasteiger partial charge in [-0.05, 0) is 36.1 Å². The Labute approximate surface area is 200 Å². The summed E-state index contributed by atoms with van der Waals surface area (Å²) in [6, 6.07) is 12.5. The van der Waals surface area contributed by atoms with E-state index in [1.165, 1.54) is 13.2 Å². The molecule has 1 aliphatic heterocycles. The fourth-order valence-corrected chi connectivity index (χ4v) is 6.68. The summed E-state index contributed by atoms with van der Waals surface area (Å²) in [6.07, 6.45) is 3.20. The lowest BCUT2D eigenvalue weighted by atomic mass is 9.88. The van der Waals surface area contributed by atoms with Crippen LogP contribution in [-0.4, -0.2) is 43.8 Å². The Morgan fingerprint density at radius 1 is 1.21 bits per heavy atom. The van der Waals surface area contributed by atoms with Crippen molar-refractivity contribution < 1.29 is 27.9 Å². The van der Waals surface area contributed by atoms with Crippen LogP contribution in [0.1, 0.15) is 62.3 Å². The van der Waals surface area contributed by atoms with Gasteiger partial charge >= 0.3 is 11.9 Å². The maximum absolute atomic E-state index is 13.7. The largest absolute Gasteiger partial charge is 0.496 e. The second-order valence-electron chi connectivity index (χ2n) is 8.67. The van der Waals surface area contributed by atoms with Gasteiger partial charge in [-0.2, -0.15) is 0 Å². The van der Waals surface area contributed by atoms with Gasteiger partial charge in [-0.25, -0.2) is 13.2 Å². The standard InChI is InChI=1S/C25H32N2O6S/c1-4-6-12-25(5-2)16-34(31,32)21-13-18(15-26-23(28)24(29)30)20(33-3)14-19(21)22(27-25)17-10-8-7-9-11-17/h7-11,13-14,22,27H,4-6,12,15-16H2,1-3H3,(H,26,28)(H,29,30)/t22-,25-/m1/s1. The minimum atomic E-state index is -3.72. The van der Waals surface area contributed by atoms with E-state index in [9.17, 15) is 18.0 Å². The molecule has 0 bridgehead atoms. The van der Waals surface area contributed by atoms with Gasteiger partial charge in [0.1, 0.15) is 5.75 Å². The Morgan fingerprint density at radius 3 is 2.50 bits per heavy atom. The molecule has 0 saturated carbocycles. The lowest BCUT2D eigenvalue weighted by molar-refractivity contribution is -0.150. The monoisotopic (exact) mass is 488 g/mol. The molecule has 3 rings (SSSR count). The molecule has 0 spiro atoms. The number of rotatable bonds is 8. The zero-order chi connectivity index (χ0) is 24.9. The second kappa shape index (κ2) is 10.6. The van der Waals surface area contributed by atoms with E-state index in [1.54, 1.807) is 6.07 Å². The number of nitrogens with one attached hydrogen (secondary N) is 2. The number of sulfone groups is 1. The molecular formula is C25H32N2O6S. The highest BCUT2D eigenvalue weighted by molar-refractivity contribution is 7.91. The first kappa shape index (κ1) is 25.7. The maximum Gasteiger partial charge on any atom is 0.394 e. The third-order valence-corrected chi connectivity index (χ3v) is 8.38. The van der Waals surface area contributed by atoms with E-state index in [2.05, 4.69) is 17.6 Å². The molecule has 0 aliphatic carbocycles. The van der Waals surface area contributed by atoms with Crippen LogP contribution in [-0.2, 0) is 26.0 Å². The summed E-state index contributed by atoms with van der Waals surface area (Å²) in [5, 5.41) is 14.9. The number of methoxy groups -OCH3 is 1. The third-order valence-electron chi connectivity index (χ3n) is 6.43. The molecule has 0 radical (unpaired) electrons. The highest BCUT2D eigenvalue weighted by Crippen LogP contribution is 2.40. The molecule has 184 valence electrons. The fraction of sp³-hybridized carbons (Fsp3) is 0.440. The van der Waals surface area contributed by atoms with E-state index in [4.69, 9.17) is 9.84 Å². The van der Waals surface area contributed by atoms with Crippen LogP contribution in [0.2, 0.25) is 0 Å². The second-order valence-corrected chi connectivity index (χ2v) is 10.6. The number of ether oxygens (including phenoxy) is 1. The van der Waals surface area contributed by atoms with Crippen molar-refractivity contribution in [3.8, 4) is 5.75 Å². The topological polar surface area (TPSA) is 122 Å². The smallest absolute Gasteiger partial charge is 0.394 e. The van der Waals surface area contributed by atoms with Crippen LogP contribution in [0.3, 0.4) is 0 Å². The number of hydrogen-bond donors (Lipinski definition) is 3. The molecule has 2 aromatic carbocycles. The van der Waals surface area contributed by atoms with Crippen LogP contribution in [0.5, 0.6) is 5.75 Å². The van der Waals surface area contributed by atoms with E-state index < -0.39 is 27.3 Å². The number of carboxylic acids is 1.